The van der Waals surface area contributed by atoms with Crippen molar-refractivity contribution in [3.05, 3.63) is 112 Å². The van der Waals surface area contributed by atoms with E-state index in [1.807, 2.05) is 60.7 Å². The van der Waals surface area contributed by atoms with E-state index in [0.717, 1.165) is 27.8 Å². The van der Waals surface area contributed by atoms with E-state index in [1.54, 1.807) is 24.3 Å². The molecule has 3 aromatic carbocycles. The molecule has 0 unspecified atom stereocenters. The first-order valence-electron chi connectivity index (χ1n) is 9.78. The normalized spacial score (nSPS) is 11.0. The van der Waals surface area contributed by atoms with Gasteiger partial charge in [0.05, 0.1) is 11.5 Å². The van der Waals surface area contributed by atoms with Crippen LogP contribution in [0.15, 0.2) is 89.8 Å². The molecule has 0 fully saturated rings. The molecule has 31 heavy (non-hydrogen) atoms. The average Bonchev–Trinajstić information content (AvgIpc) is 2.76. The summed E-state index contributed by atoms with van der Waals surface area (Å²) < 4.78 is 23.7. The number of hydrogen-bond donors (Lipinski definition) is 0. The maximum Gasteiger partial charge on any atom is 0.294 e. The van der Waals surface area contributed by atoms with E-state index in [9.17, 15) is 18.5 Å². The zero-order chi connectivity index (χ0) is 22.3. The van der Waals surface area contributed by atoms with Crippen LogP contribution in [0, 0.1) is 10.1 Å². The smallest absolute Gasteiger partial charge is 0.294 e. The molecule has 0 atom stereocenters. The molecule has 0 N–H and O–H groups in total. The Hall–Kier alpha value is -3.45. The second-order valence-electron chi connectivity index (χ2n) is 7.04. The fourth-order valence-electron chi connectivity index (χ4n) is 3.43. The maximum absolute atomic E-state index is 11.9. The molecule has 0 heterocycles. The molecular formula is C24H23NO5S. The summed E-state index contributed by atoms with van der Waals surface area (Å²) in [6.45, 7) is -0.0191. The lowest BCUT2D eigenvalue weighted by Gasteiger charge is -2.18. The average molecular weight is 438 g/mol. The molecule has 0 aromatic heterocycles. The van der Waals surface area contributed by atoms with Gasteiger partial charge in [-0.25, -0.2) is 8.42 Å². The monoisotopic (exact) mass is 437 g/mol. The first kappa shape index (κ1) is 22.2. The van der Waals surface area contributed by atoms with Crippen LogP contribution in [-0.2, 0) is 14.7 Å². The Morgan fingerprint density at radius 2 is 1.35 bits per heavy atom. The van der Waals surface area contributed by atoms with Crippen molar-refractivity contribution >= 4 is 21.0 Å². The molecule has 3 rings (SSSR count). The summed E-state index contributed by atoms with van der Waals surface area (Å²) in [4.78, 5) is 15.3. The summed E-state index contributed by atoms with van der Waals surface area (Å²) in [7, 11) is -3.31. The maximum atomic E-state index is 11.9. The van der Waals surface area contributed by atoms with Gasteiger partial charge in [-0.1, -0.05) is 72.8 Å². The number of nitrogens with zero attached hydrogens (tertiary/aromatic N) is 1. The summed E-state index contributed by atoms with van der Waals surface area (Å²) >= 11 is 0. The largest absolute Gasteiger partial charge is 0.314 e. The van der Waals surface area contributed by atoms with Crippen molar-refractivity contribution in [3.8, 4) is 0 Å². The highest BCUT2D eigenvalue weighted by molar-refractivity contribution is 7.90. The molecule has 160 valence electrons. The predicted molar refractivity (Wildman–Crippen MR) is 121 cm³/mol. The topological polar surface area (TPSA) is 86.5 Å². The minimum atomic E-state index is -3.31. The molecule has 0 spiro atoms. The van der Waals surface area contributed by atoms with E-state index in [2.05, 4.69) is 4.84 Å². The summed E-state index contributed by atoms with van der Waals surface area (Å²) in [5.74, 6) is 0. The van der Waals surface area contributed by atoms with Crippen LogP contribution in [0.1, 0.15) is 29.5 Å². The van der Waals surface area contributed by atoms with E-state index in [0.29, 0.717) is 12.8 Å². The van der Waals surface area contributed by atoms with Gasteiger partial charge in [0.25, 0.3) is 5.09 Å². The second kappa shape index (κ2) is 10.0. The van der Waals surface area contributed by atoms with Crippen LogP contribution in [0.5, 0.6) is 0 Å². The fraction of sp³-hybridized carbons (Fsp3) is 0.167. The van der Waals surface area contributed by atoms with E-state index in [4.69, 9.17) is 0 Å². The van der Waals surface area contributed by atoms with Gasteiger partial charge in [-0.2, -0.15) is 0 Å². The molecule has 0 saturated heterocycles. The quantitative estimate of drug-likeness (QED) is 0.203. The molecule has 0 bridgehead atoms. The zero-order valence-electron chi connectivity index (χ0n) is 17.1. The molecule has 7 heteroatoms. The molecule has 0 radical (unpaired) electrons. The van der Waals surface area contributed by atoms with Crippen molar-refractivity contribution in [2.45, 2.75) is 17.7 Å². The van der Waals surface area contributed by atoms with Gasteiger partial charge in [0.2, 0.25) is 0 Å². The van der Waals surface area contributed by atoms with Crippen LogP contribution < -0.4 is 0 Å². The second-order valence-corrected chi connectivity index (χ2v) is 9.06. The van der Waals surface area contributed by atoms with Crippen molar-refractivity contribution in [1.29, 1.82) is 0 Å². The van der Waals surface area contributed by atoms with Gasteiger partial charge >= 0.3 is 0 Å². The van der Waals surface area contributed by atoms with Crippen LogP contribution in [0.4, 0.5) is 0 Å². The van der Waals surface area contributed by atoms with Crippen molar-refractivity contribution in [2.75, 3.05) is 12.9 Å². The van der Waals surface area contributed by atoms with Crippen molar-refractivity contribution in [2.24, 2.45) is 0 Å². The summed E-state index contributed by atoms with van der Waals surface area (Å²) in [6.07, 6.45) is 2.13. The Morgan fingerprint density at radius 1 is 0.839 bits per heavy atom. The lowest BCUT2D eigenvalue weighted by molar-refractivity contribution is -0.757. The predicted octanol–water partition coefficient (Wildman–Crippen LogP) is 5.04. The lowest BCUT2D eigenvalue weighted by Crippen LogP contribution is -2.03. The van der Waals surface area contributed by atoms with Crippen LogP contribution in [-0.4, -0.2) is 26.4 Å². The highest BCUT2D eigenvalue weighted by Crippen LogP contribution is 2.35. The van der Waals surface area contributed by atoms with Gasteiger partial charge < -0.3 is 4.84 Å². The number of allylic oxidation sites excluding steroid dienone is 1. The highest BCUT2D eigenvalue weighted by atomic mass is 32.2. The standard InChI is InChI=1S/C24H23NO5S/c1-31(28,29)22-16-14-19(15-17-22)23(13-8-18-30-25(26)27)24(20-9-4-2-5-10-20)21-11-6-3-7-12-21/h2-7,9-12,14-17H,8,13,18H2,1H3. The minimum Gasteiger partial charge on any atom is -0.314 e. The Balaban J connectivity index is 2.15. The van der Waals surface area contributed by atoms with Crippen LogP contribution in [0.25, 0.3) is 11.1 Å². The Bertz CT molecular complexity index is 1110. The Kier molecular flexibility index (Phi) is 7.20. The van der Waals surface area contributed by atoms with Gasteiger partial charge in [0.1, 0.15) is 0 Å². The SMILES string of the molecule is CS(=O)(=O)c1ccc(C(CCCO[N+](=O)[O-])=C(c2ccccc2)c2ccccc2)cc1. The fourth-order valence-corrected chi connectivity index (χ4v) is 4.06. The molecule has 0 amide bonds. The number of sulfone groups is 1. The highest BCUT2D eigenvalue weighted by Gasteiger charge is 2.15. The molecule has 0 aliphatic carbocycles. The minimum absolute atomic E-state index is 0.0191. The molecule has 6 nitrogen and oxygen atoms in total. The van der Waals surface area contributed by atoms with Gasteiger partial charge in [-0.05, 0) is 52.8 Å². The molecule has 3 aromatic rings. The van der Waals surface area contributed by atoms with Crippen molar-refractivity contribution in [3.63, 3.8) is 0 Å². The third-order valence-corrected chi connectivity index (χ3v) is 5.95. The molecule has 0 aliphatic rings. The Labute approximate surface area is 181 Å². The molecular weight excluding hydrogens is 414 g/mol. The lowest BCUT2D eigenvalue weighted by atomic mass is 9.87. The van der Waals surface area contributed by atoms with E-state index in [1.165, 1.54) is 6.26 Å². The van der Waals surface area contributed by atoms with Crippen LogP contribution >= 0.6 is 0 Å². The van der Waals surface area contributed by atoms with E-state index >= 15 is 0 Å². The number of hydrogen-bond acceptors (Lipinski definition) is 5. The van der Waals surface area contributed by atoms with Gasteiger partial charge in [0.15, 0.2) is 9.84 Å². The first-order chi connectivity index (χ1) is 14.9. The van der Waals surface area contributed by atoms with Gasteiger partial charge in [-0.3, -0.25) is 0 Å². The summed E-state index contributed by atoms with van der Waals surface area (Å²) in [5.41, 5.74) is 4.83. The first-order valence-corrected chi connectivity index (χ1v) is 11.7. The van der Waals surface area contributed by atoms with Crippen LogP contribution in [0.2, 0.25) is 0 Å². The van der Waals surface area contributed by atoms with Gasteiger partial charge in [-0.15, -0.1) is 10.1 Å². The molecule has 0 saturated carbocycles. The van der Waals surface area contributed by atoms with Crippen LogP contribution in [0.3, 0.4) is 0 Å². The Morgan fingerprint density at radius 3 is 1.81 bits per heavy atom. The number of benzene rings is 3. The number of rotatable bonds is 9. The molecule has 0 aliphatic heterocycles. The van der Waals surface area contributed by atoms with Crippen molar-refractivity contribution < 1.29 is 18.3 Å². The summed E-state index contributed by atoms with van der Waals surface area (Å²) in [5, 5.41) is 9.74. The van der Waals surface area contributed by atoms with Gasteiger partial charge in [0, 0.05) is 6.26 Å². The van der Waals surface area contributed by atoms with E-state index in [-0.39, 0.29) is 11.5 Å². The van der Waals surface area contributed by atoms with Crippen molar-refractivity contribution in [1.82, 2.24) is 0 Å². The third kappa shape index (κ3) is 6.02. The van der Waals surface area contributed by atoms with E-state index < -0.39 is 14.9 Å². The third-order valence-electron chi connectivity index (χ3n) is 4.83. The zero-order valence-corrected chi connectivity index (χ0v) is 17.9. The summed E-state index contributed by atoms with van der Waals surface area (Å²) in [6, 6.07) is 26.5.